The molecule has 1 saturated carbocycles. The molecule has 2 N–H and O–H groups in total. The van der Waals surface area contributed by atoms with Crippen molar-refractivity contribution in [2.24, 2.45) is 11.8 Å². The summed E-state index contributed by atoms with van der Waals surface area (Å²) in [6.45, 7) is 0.584. The van der Waals surface area contributed by atoms with E-state index in [1.165, 1.54) is 0 Å². The maximum absolute atomic E-state index is 12.7. The fraction of sp³-hybridized carbons (Fsp3) is 0.471. The lowest BCUT2D eigenvalue weighted by molar-refractivity contribution is -0.149. The first-order chi connectivity index (χ1) is 11.1. The number of nitrogens with one attached hydrogen (secondary N) is 1. The van der Waals surface area contributed by atoms with Gasteiger partial charge in [-0.25, -0.2) is 9.78 Å². The molecule has 3 heterocycles. The molecule has 1 aliphatic carbocycles. The number of carbonyl (C=O) groups excluding carboxylic acids is 1. The number of H-pyrrole nitrogens is 1. The topological polar surface area (TPSA) is 86.3 Å². The molecule has 1 saturated heterocycles. The molecule has 2 aromatic heterocycles. The van der Waals surface area contributed by atoms with Crippen LogP contribution in [0.2, 0.25) is 0 Å². The van der Waals surface area contributed by atoms with Gasteiger partial charge in [0.15, 0.2) is 0 Å². The van der Waals surface area contributed by atoms with Crippen LogP contribution in [0.5, 0.6) is 0 Å². The van der Waals surface area contributed by atoms with E-state index in [2.05, 4.69) is 9.97 Å². The molecule has 4 rings (SSSR count). The van der Waals surface area contributed by atoms with Crippen LogP contribution >= 0.6 is 0 Å². The smallest absolute Gasteiger partial charge is 0.326 e. The summed E-state index contributed by atoms with van der Waals surface area (Å²) in [5.74, 6) is -0.490. The normalized spacial score (nSPS) is 26.6. The highest BCUT2D eigenvalue weighted by molar-refractivity contribution is 5.90. The van der Waals surface area contributed by atoms with Crippen molar-refractivity contribution in [1.29, 1.82) is 0 Å². The van der Waals surface area contributed by atoms with Crippen LogP contribution in [-0.2, 0) is 16.0 Å². The Hall–Kier alpha value is -2.37. The van der Waals surface area contributed by atoms with Gasteiger partial charge in [-0.15, -0.1) is 0 Å². The Morgan fingerprint density at radius 2 is 2.26 bits per heavy atom. The molecule has 1 aliphatic heterocycles. The second-order valence-electron chi connectivity index (χ2n) is 6.57. The van der Waals surface area contributed by atoms with Gasteiger partial charge in [-0.2, -0.15) is 0 Å². The molecular formula is C17H19N3O3. The Morgan fingerprint density at radius 3 is 3.09 bits per heavy atom. The van der Waals surface area contributed by atoms with E-state index in [1.807, 2.05) is 12.1 Å². The van der Waals surface area contributed by atoms with Crippen molar-refractivity contribution in [2.75, 3.05) is 6.54 Å². The van der Waals surface area contributed by atoms with E-state index in [4.69, 9.17) is 0 Å². The highest BCUT2D eigenvalue weighted by atomic mass is 16.4. The molecule has 1 amide bonds. The van der Waals surface area contributed by atoms with E-state index in [-0.39, 0.29) is 18.2 Å². The number of hydrogen-bond donors (Lipinski definition) is 2. The number of aliphatic carboxylic acids is 1. The number of carbonyl (C=O) groups is 2. The van der Waals surface area contributed by atoms with Gasteiger partial charge < -0.3 is 15.0 Å². The summed E-state index contributed by atoms with van der Waals surface area (Å²) in [7, 11) is 0. The van der Waals surface area contributed by atoms with Crippen LogP contribution in [0.15, 0.2) is 24.5 Å². The highest BCUT2D eigenvalue weighted by Gasteiger charge is 2.49. The summed E-state index contributed by atoms with van der Waals surface area (Å²) in [4.78, 5) is 33.3. The van der Waals surface area contributed by atoms with E-state index >= 15 is 0 Å². The predicted octanol–water partition coefficient (Wildman–Crippen LogP) is 1.82. The van der Waals surface area contributed by atoms with Crippen LogP contribution in [0.3, 0.4) is 0 Å². The van der Waals surface area contributed by atoms with Gasteiger partial charge in [0.05, 0.1) is 6.42 Å². The molecular weight excluding hydrogens is 294 g/mol. The van der Waals surface area contributed by atoms with E-state index in [9.17, 15) is 14.7 Å². The summed E-state index contributed by atoms with van der Waals surface area (Å²) >= 11 is 0. The Kier molecular flexibility index (Phi) is 3.32. The molecule has 2 aromatic rings. The zero-order chi connectivity index (χ0) is 16.0. The lowest BCUT2D eigenvalue weighted by atomic mass is 9.94. The third-order valence-electron chi connectivity index (χ3n) is 5.34. The minimum absolute atomic E-state index is 0.100. The molecule has 2 fully saturated rings. The summed E-state index contributed by atoms with van der Waals surface area (Å²) in [6, 6.07) is 3.11. The van der Waals surface area contributed by atoms with Crippen LogP contribution in [0.4, 0.5) is 0 Å². The molecule has 120 valence electrons. The number of fused-ring (bicyclic) bond motifs is 2. The average molecular weight is 313 g/mol. The number of rotatable bonds is 3. The molecule has 2 aliphatic rings. The number of hydrogen-bond acceptors (Lipinski definition) is 3. The Bertz CT molecular complexity index is 769. The highest BCUT2D eigenvalue weighted by Crippen LogP contribution is 2.42. The SMILES string of the molecule is O=C(O)C1C2CCCC2CN1C(=O)Cc1c[nH]c2ncccc12. The van der Waals surface area contributed by atoms with Crippen molar-refractivity contribution in [3.8, 4) is 0 Å². The zero-order valence-corrected chi connectivity index (χ0v) is 12.7. The van der Waals surface area contributed by atoms with Gasteiger partial charge in [0.25, 0.3) is 0 Å². The van der Waals surface area contributed by atoms with Crippen molar-refractivity contribution in [3.05, 3.63) is 30.1 Å². The number of carboxylic acid groups (broad SMARTS) is 1. The maximum Gasteiger partial charge on any atom is 0.326 e. The van der Waals surface area contributed by atoms with Crippen LogP contribution in [0.25, 0.3) is 11.0 Å². The van der Waals surface area contributed by atoms with Crippen LogP contribution in [0, 0.1) is 11.8 Å². The summed E-state index contributed by atoms with van der Waals surface area (Å²) in [6.07, 6.45) is 6.75. The Morgan fingerprint density at radius 1 is 1.39 bits per heavy atom. The lowest BCUT2D eigenvalue weighted by Crippen LogP contribution is -2.43. The summed E-state index contributed by atoms with van der Waals surface area (Å²) < 4.78 is 0. The third kappa shape index (κ3) is 2.29. The van der Waals surface area contributed by atoms with Gasteiger partial charge in [0.2, 0.25) is 5.91 Å². The fourth-order valence-electron chi connectivity index (χ4n) is 4.30. The number of aromatic nitrogens is 2. The third-order valence-corrected chi connectivity index (χ3v) is 5.34. The van der Waals surface area contributed by atoms with Gasteiger partial charge in [-0.3, -0.25) is 4.79 Å². The first-order valence-corrected chi connectivity index (χ1v) is 8.08. The number of likely N-dealkylation sites (tertiary alicyclic amines) is 1. The second-order valence-corrected chi connectivity index (χ2v) is 6.57. The molecule has 6 nitrogen and oxygen atoms in total. The first-order valence-electron chi connectivity index (χ1n) is 8.08. The second kappa shape index (κ2) is 5.37. The summed E-state index contributed by atoms with van der Waals surface area (Å²) in [5, 5.41) is 10.5. The Balaban J connectivity index is 1.58. The lowest BCUT2D eigenvalue weighted by Gasteiger charge is -2.24. The number of nitrogens with zero attached hydrogens (tertiary/aromatic N) is 2. The molecule has 0 spiro atoms. The van der Waals surface area contributed by atoms with Gasteiger partial charge in [-0.05, 0) is 42.4 Å². The van der Waals surface area contributed by atoms with E-state index < -0.39 is 12.0 Å². The zero-order valence-electron chi connectivity index (χ0n) is 12.7. The van der Waals surface area contributed by atoms with Crippen LogP contribution < -0.4 is 0 Å². The van der Waals surface area contributed by atoms with Crippen molar-refractivity contribution < 1.29 is 14.7 Å². The van der Waals surface area contributed by atoms with Crippen LogP contribution in [-0.4, -0.2) is 44.4 Å². The molecule has 23 heavy (non-hydrogen) atoms. The maximum atomic E-state index is 12.7. The monoisotopic (exact) mass is 313 g/mol. The van der Waals surface area contributed by atoms with E-state index in [1.54, 1.807) is 17.3 Å². The van der Waals surface area contributed by atoms with Gasteiger partial charge in [-0.1, -0.05) is 6.42 Å². The number of pyridine rings is 1. The molecule has 0 aromatic carbocycles. The van der Waals surface area contributed by atoms with Crippen molar-refractivity contribution in [3.63, 3.8) is 0 Å². The van der Waals surface area contributed by atoms with Gasteiger partial charge in [0, 0.05) is 24.3 Å². The predicted molar refractivity (Wildman–Crippen MR) is 83.8 cm³/mol. The van der Waals surface area contributed by atoms with Crippen molar-refractivity contribution >= 4 is 22.9 Å². The number of aromatic amines is 1. The molecule has 3 atom stereocenters. The fourth-order valence-corrected chi connectivity index (χ4v) is 4.30. The van der Waals surface area contributed by atoms with Crippen molar-refractivity contribution in [1.82, 2.24) is 14.9 Å². The standard InChI is InChI=1S/C17H19N3O3/c21-14(7-11-8-19-16-13(11)5-2-6-18-16)20-9-10-3-1-4-12(10)15(20)17(22)23/h2,5-6,8,10,12,15H,1,3-4,7,9H2,(H,18,19)(H,22,23). The van der Waals surface area contributed by atoms with Gasteiger partial charge in [0.1, 0.15) is 11.7 Å². The largest absolute Gasteiger partial charge is 0.480 e. The number of carboxylic acids is 1. The minimum atomic E-state index is -0.867. The summed E-state index contributed by atoms with van der Waals surface area (Å²) in [5.41, 5.74) is 1.63. The van der Waals surface area contributed by atoms with E-state index in [0.29, 0.717) is 12.5 Å². The Labute approximate surface area is 133 Å². The minimum Gasteiger partial charge on any atom is -0.480 e. The quantitative estimate of drug-likeness (QED) is 0.905. The van der Waals surface area contributed by atoms with Gasteiger partial charge >= 0.3 is 5.97 Å². The molecule has 0 radical (unpaired) electrons. The molecule has 6 heteroatoms. The van der Waals surface area contributed by atoms with Crippen molar-refractivity contribution in [2.45, 2.75) is 31.7 Å². The van der Waals surface area contributed by atoms with Crippen LogP contribution in [0.1, 0.15) is 24.8 Å². The molecule has 3 unspecified atom stereocenters. The average Bonchev–Trinajstić information content (AvgIpc) is 3.20. The first kappa shape index (κ1) is 14.2. The molecule has 0 bridgehead atoms. The number of amides is 1. The van der Waals surface area contributed by atoms with E-state index in [0.717, 1.165) is 35.9 Å².